The molecule has 2 nitrogen and oxygen atoms in total. The van der Waals surface area contributed by atoms with Crippen LogP contribution in [0.15, 0.2) is 0 Å². The summed E-state index contributed by atoms with van der Waals surface area (Å²) in [6.07, 6.45) is 5.35. The fourth-order valence-electron chi connectivity index (χ4n) is 2.12. The predicted octanol–water partition coefficient (Wildman–Crippen LogP) is 2.58. The molecule has 5 heteroatoms. The minimum Gasteiger partial charge on any atom is -0.229 e. The summed E-state index contributed by atoms with van der Waals surface area (Å²) in [7, 11) is -2.71. The van der Waals surface area contributed by atoms with Gasteiger partial charge in [0.25, 0.3) is 0 Å². The van der Waals surface area contributed by atoms with E-state index in [2.05, 4.69) is 22.2 Å². The first-order chi connectivity index (χ1) is 7.09. The van der Waals surface area contributed by atoms with E-state index in [-0.39, 0.29) is 0 Å². The fourth-order valence-corrected chi connectivity index (χ4v) is 5.35. The van der Waals surface area contributed by atoms with Gasteiger partial charge in [0.05, 0.1) is 11.5 Å². The Bertz CT molecular complexity index is 277. The Kier molecular flexibility index (Phi) is 6.00. The van der Waals surface area contributed by atoms with Crippen LogP contribution in [0.3, 0.4) is 0 Å². The lowest BCUT2D eigenvalue weighted by Gasteiger charge is -2.19. The van der Waals surface area contributed by atoms with Crippen LogP contribution < -0.4 is 0 Å². The highest BCUT2D eigenvalue weighted by Gasteiger charge is 2.32. The molecule has 0 aromatic carbocycles. The van der Waals surface area contributed by atoms with Crippen LogP contribution in [0, 0.1) is 11.8 Å². The predicted molar refractivity (Wildman–Crippen MR) is 71.7 cm³/mol. The molecule has 0 aliphatic carbocycles. The summed E-state index contributed by atoms with van der Waals surface area (Å²) in [5.41, 5.74) is 0. The van der Waals surface area contributed by atoms with E-state index >= 15 is 0 Å². The molecule has 0 N–H and O–H groups in total. The highest BCUT2D eigenvalue weighted by atomic mass is 79.9. The van der Waals surface area contributed by atoms with Gasteiger partial charge in [0.1, 0.15) is 0 Å². The van der Waals surface area contributed by atoms with Crippen LogP contribution >= 0.6 is 27.7 Å². The molecule has 15 heavy (non-hydrogen) atoms. The quantitative estimate of drug-likeness (QED) is 0.558. The van der Waals surface area contributed by atoms with Crippen molar-refractivity contribution in [2.75, 3.05) is 28.8 Å². The molecule has 0 amide bonds. The number of hydrogen-bond acceptors (Lipinski definition) is 3. The van der Waals surface area contributed by atoms with E-state index in [1.807, 2.05) is 11.8 Å². The average molecular weight is 315 g/mol. The lowest BCUT2D eigenvalue weighted by atomic mass is 9.90. The fraction of sp³-hybridized carbons (Fsp3) is 1.00. The molecule has 0 aromatic heterocycles. The third kappa shape index (κ3) is 4.65. The summed E-state index contributed by atoms with van der Waals surface area (Å²) in [5, 5.41) is 0.946. The van der Waals surface area contributed by atoms with Gasteiger partial charge in [0.15, 0.2) is 9.84 Å². The molecular weight excluding hydrogens is 296 g/mol. The highest BCUT2D eigenvalue weighted by molar-refractivity contribution is 9.09. The first kappa shape index (κ1) is 13.8. The van der Waals surface area contributed by atoms with Crippen molar-refractivity contribution in [3.63, 3.8) is 0 Å². The Hall–Kier alpha value is 0.780. The van der Waals surface area contributed by atoms with Gasteiger partial charge in [0, 0.05) is 5.33 Å². The van der Waals surface area contributed by atoms with Crippen molar-refractivity contribution in [1.29, 1.82) is 0 Å². The summed E-state index contributed by atoms with van der Waals surface area (Å²) < 4.78 is 22.7. The van der Waals surface area contributed by atoms with Crippen molar-refractivity contribution < 1.29 is 8.42 Å². The van der Waals surface area contributed by atoms with Crippen LogP contribution in [0.2, 0.25) is 0 Å². The maximum atomic E-state index is 11.4. The summed E-state index contributed by atoms with van der Waals surface area (Å²) in [5.74, 6) is 2.96. The van der Waals surface area contributed by atoms with Crippen molar-refractivity contribution in [2.24, 2.45) is 11.8 Å². The van der Waals surface area contributed by atoms with E-state index in [0.717, 1.165) is 18.2 Å². The second kappa shape index (κ2) is 6.50. The Morgan fingerprint density at radius 2 is 2.27 bits per heavy atom. The van der Waals surface area contributed by atoms with Crippen LogP contribution in [0.1, 0.15) is 19.3 Å². The van der Waals surface area contributed by atoms with E-state index in [1.54, 1.807) is 0 Å². The molecule has 0 bridgehead atoms. The van der Waals surface area contributed by atoms with Gasteiger partial charge in [-0.1, -0.05) is 15.9 Å². The number of alkyl halides is 1. The van der Waals surface area contributed by atoms with E-state index in [1.165, 1.54) is 12.2 Å². The third-order valence-corrected chi connectivity index (χ3v) is 6.38. The van der Waals surface area contributed by atoms with Gasteiger partial charge in [-0.05, 0) is 43.1 Å². The molecule has 0 aromatic rings. The number of halogens is 1. The second-order valence-electron chi connectivity index (χ2n) is 4.21. The van der Waals surface area contributed by atoms with Crippen LogP contribution in [-0.4, -0.2) is 37.3 Å². The molecule has 90 valence electrons. The molecule has 1 aliphatic rings. The second-order valence-corrected chi connectivity index (χ2v) is 8.07. The molecule has 1 rings (SSSR count). The van der Waals surface area contributed by atoms with Gasteiger partial charge in [-0.25, -0.2) is 8.42 Å². The lowest BCUT2D eigenvalue weighted by molar-refractivity contribution is 0.378. The van der Waals surface area contributed by atoms with Crippen LogP contribution in [0.4, 0.5) is 0 Å². The van der Waals surface area contributed by atoms with Crippen LogP contribution in [-0.2, 0) is 9.84 Å². The summed E-state index contributed by atoms with van der Waals surface area (Å²) in [6, 6.07) is 0. The number of rotatable bonds is 6. The standard InChI is InChI=1S/C10H19BrO2S2/c1-14-5-2-3-9(7-11)10-4-6-15(12,13)8-10/h9-10H,2-8H2,1H3. The van der Waals surface area contributed by atoms with Crippen molar-refractivity contribution in [2.45, 2.75) is 19.3 Å². The largest absolute Gasteiger partial charge is 0.229 e. The van der Waals surface area contributed by atoms with E-state index in [9.17, 15) is 8.42 Å². The summed E-state index contributed by atoms with van der Waals surface area (Å²) in [6.45, 7) is 0. The van der Waals surface area contributed by atoms with Crippen molar-refractivity contribution in [1.82, 2.24) is 0 Å². The molecule has 1 fully saturated rings. The minimum atomic E-state index is -2.71. The molecule has 1 heterocycles. The molecule has 1 saturated heterocycles. The molecule has 1 aliphatic heterocycles. The van der Waals surface area contributed by atoms with Gasteiger partial charge in [-0.15, -0.1) is 0 Å². The van der Waals surface area contributed by atoms with Crippen molar-refractivity contribution >= 4 is 37.5 Å². The Morgan fingerprint density at radius 3 is 2.73 bits per heavy atom. The zero-order chi connectivity index (χ0) is 11.3. The minimum absolute atomic E-state index is 0.399. The van der Waals surface area contributed by atoms with E-state index < -0.39 is 9.84 Å². The Morgan fingerprint density at radius 1 is 1.53 bits per heavy atom. The number of sulfone groups is 1. The SMILES string of the molecule is CSCCCC(CBr)C1CCS(=O)(=O)C1. The first-order valence-corrected chi connectivity index (χ1v) is 9.68. The van der Waals surface area contributed by atoms with Gasteiger partial charge < -0.3 is 0 Å². The molecular formula is C10H19BrO2S2. The topological polar surface area (TPSA) is 34.1 Å². The van der Waals surface area contributed by atoms with Gasteiger partial charge in [0.2, 0.25) is 0 Å². The Balaban J connectivity index is 2.39. The van der Waals surface area contributed by atoms with Gasteiger partial charge >= 0.3 is 0 Å². The monoisotopic (exact) mass is 314 g/mol. The first-order valence-electron chi connectivity index (χ1n) is 5.34. The van der Waals surface area contributed by atoms with E-state index in [0.29, 0.717) is 23.3 Å². The zero-order valence-electron chi connectivity index (χ0n) is 9.12. The maximum absolute atomic E-state index is 11.4. The summed E-state index contributed by atoms with van der Waals surface area (Å²) >= 11 is 5.38. The van der Waals surface area contributed by atoms with Gasteiger partial charge in [-0.3, -0.25) is 0 Å². The summed E-state index contributed by atoms with van der Waals surface area (Å²) in [4.78, 5) is 0. The van der Waals surface area contributed by atoms with Crippen molar-refractivity contribution in [3.05, 3.63) is 0 Å². The highest BCUT2D eigenvalue weighted by Crippen LogP contribution is 2.30. The van der Waals surface area contributed by atoms with Crippen molar-refractivity contribution in [3.8, 4) is 0 Å². The van der Waals surface area contributed by atoms with Gasteiger partial charge in [-0.2, -0.15) is 11.8 Å². The average Bonchev–Trinajstić information content (AvgIpc) is 2.54. The molecule has 0 radical (unpaired) electrons. The molecule has 2 unspecified atom stereocenters. The lowest BCUT2D eigenvalue weighted by Crippen LogP contribution is -2.18. The molecule has 2 atom stereocenters. The third-order valence-electron chi connectivity index (χ3n) is 3.06. The Labute approximate surface area is 106 Å². The molecule has 0 spiro atoms. The smallest absolute Gasteiger partial charge is 0.150 e. The van der Waals surface area contributed by atoms with Crippen LogP contribution in [0.5, 0.6) is 0 Å². The van der Waals surface area contributed by atoms with E-state index in [4.69, 9.17) is 0 Å². The maximum Gasteiger partial charge on any atom is 0.150 e. The number of thioether (sulfide) groups is 1. The number of hydrogen-bond donors (Lipinski definition) is 0. The molecule has 0 saturated carbocycles. The normalized spacial score (nSPS) is 26.7. The van der Waals surface area contributed by atoms with Crippen LogP contribution in [0.25, 0.3) is 0 Å². The zero-order valence-corrected chi connectivity index (χ0v) is 12.3.